The average Bonchev–Trinajstić information content (AvgIpc) is 2.26. The van der Waals surface area contributed by atoms with Crippen molar-refractivity contribution in [1.29, 1.82) is 0 Å². The zero-order valence-corrected chi connectivity index (χ0v) is 9.71. The lowest BCUT2D eigenvalue weighted by atomic mass is 9.75. The molecule has 0 aromatic carbocycles. The van der Waals surface area contributed by atoms with E-state index in [1.807, 2.05) is 0 Å². The Hall–Kier alpha value is -1.41. The number of alkyl halides is 5. The quantitative estimate of drug-likeness (QED) is 0.807. The van der Waals surface area contributed by atoms with Gasteiger partial charge < -0.3 is 10.0 Å². The number of carboxylic acid groups (broad SMARTS) is 1. The molecule has 1 N–H and O–H groups in total. The van der Waals surface area contributed by atoms with Crippen LogP contribution in [0, 0.1) is 5.41 Å². The minimum Gasteiger partial charge on any atom is -0.481 e. The van der Waals surface area contributed by atoms with Gasteiger partial charge in [-0.3, -0.25) is 9.59 Å². The molecule has 0 spiro atoms. The van der Waals surface area contributed by atoms with Crippen LogP contribution in [0.4, 0.5) is 22.0 Å². The first-order chi connectivity index (χ1) is 8.58. The lowest BCUT2D eigenvalue weighted by Crippen LogP contribution is -2.50. The van der Waals surface area contributed by atoms with Crippen LogP contribution in [0.25, 0.3) is 0 Å². The third kappa shape index (κ3) is 3.54. The van der Waals surface area contributed by atoms with Crippen molar-refractivity contribution < 1.29 is 36.6 Å². The van der Waals surface area contributed by atoms with Gasteiger partial charge in [0.15, 0.2) is 0 Å². The number of aliphatic carboxylic acids is 1. The summed E-state index contributed by atoms with van der Waals surface area (Å²) >= 11 is 0. The van der Waals surface area contributed by atoms with Crippen LogP contribution < -0.4 is 0 Å². The van der Waals surface area contributed by atoms with E-state index in [0.29, 0.717) is 4.90 Å². The first-order valence-electron chi connectivity index (χ1n) is 5.46. The van der Waals surface area contributed by atoms with Gasteiger partial charge in [-0.25, -0.2) is 8.78 Å². The topological polar surface area (TPSA) is 57.6 Å². The number of likely N-dealkylation sites (tertiary alicyclic amines) is 1. The molecule has 1 amide bonds. The first kappa shape index (κ1) is 15.6. The molecule has 4 nitrogen and oxygen atoms in total. The largest absolute Gasteiger partial charge is 0.481 e. The molecule has 0 aliphatic carbocycles. The molecule has 0 aromatic rings. The maximum atomic E-state index is 12.3. The lowest BCUT2D eigenvalue weighted by molar-refractivity contribution is -0.189. The molecule has 0 bridgehead atoms. The smallest absolute Gasteiger partial charge is 0.471 e. The van der Waals surface area contributed by atoms with Gasteiger partial charge >= 0.3 is 18.1 Å². The molecule has 1 fully saturated rings. The number of carbonyl (C=O) groups excluding carboxylic acids is 1. The van der Waals surface area contributed by atoms with Crippen molar-refractivity contribution in [3.8, 4) is 0 Å². The van der Waals surface area contributed by atoms with E-state index >= 15 is 0 Å². The maximum Gasteiger partial charge on any atom is 0.471 e. The van der Waals surface area contributed by atoms with Gasteiger partial charge in [0, 0.05) is 19.5 Å². The van der Waals surface area contributed by atoms with E-state index in [1.54, 1.807) is 0 Å². The Bertz CT molecular complexity index is 361. The predicted octanol–water partition coefficient (Wildman–Crippen LogP) is 1.90. The SMILES string of the molecule is O=C(N1CCC(CC(F)F)(C(=O)O)CC1)C(F)(F)F. The van der Waals surface area contributed by atoms with E-state index in [-0.39, 0.29) is 0 Å². The standard InChI is InChI=1S/C10H12F5NO3/c11-6(12)5-9(8(18)19)1-3-16(4-2-9)7(17)10(13,14)15/h6H,1-5H2,(H,18,19). The monoisotopic (exact) mass is 289 g/mol. The fourth-order valence-corrected chi connectivity index (χ4v) is 2.12. The number of carboxylic acids is 1. The number of hydrogen-bond donors (Lipinski definition) is 1. The minimum atomic E-state index is -5.04. The van der Waals surface area contributed by atoms with Crippen LogP contribution in [0.5, 0.6) is 0 Å². The second-order valence-electron chi connectivity index (χ2n) is 4.47. The second kappa shape index (κ2) is 5.30. The van der Waals surface area contributed by atoms with Crippen LogP contribution in [0.1, 0.15) is 19.3 Å². The molecule has 0 saturated carbocycles. The zero-order chi connectivity index (χ0) is 14.8. The fraction of sp³-hybridized carbons (Fsp3) is 0.800. The highest BCUT2D eigenvalue weighted by Crippen LogP contribution is 2.38. The molecule has 1 saturated heterocycles. The number of piperidine rings is 1. The molecule has 0 atom stereocenters. The molecule has 1 aliphatic rings. The van der Waals surface area contributed by atoms with Crippen molar-refractivity contribution >= 4 is 11.9 Å². The lowest BCUT2D eigenvalue weighted by Gasteiger charge is -2.38. The Balaban J connectivity index is 2.74. The van der Waals surface area contributed by atoms with E-state index < -0.39 is 62.2 Å². The molecule has 1 heterocycles. The minimum absolute atomic E-state index is 0.408. The van der Waals surface area contributed by atoms with Crippen LogP contribution in [-0.4, -0.2) is 47.6 Å². The molecule has 1 aliphatic heterocycles. The van der Waals surface area contributed by atoms with Crippen molar-refractivity contribution in [3.63, 3.8) is 0 Å². The number of amides is 1. The molecule has 9 heteroatoms. The Morgan fingerprint density at radius 1 is 1.21 bits per heavy atom. The summed E-state index contributed by atoms with van der Waals surface area (Å²) in [6.45, 7) is -0.977. The van der Waals surface area contributed by atoms with Crippen molar-refractivity contribution in [1.82, 2.24) is 4.90 Å². The van der Waals surface area contributed by atoms with E-state index in [1.165, 1.54) is 0 Å². The average molecular weight is 289 g/mol. The Morgan fingerprint density at radius 3 is 2.00 bits per heavy atom. The highest BCUT2D eigenvalue weighted by molar-refractivity contribution is 5.82. The van der Waals surface area contributed by atoms with Gasteiger partial charge in [-0.2, -0.15) is 13.2 Å². The molecule has 0 aromatic heterocycles. The summed E-state index contributed by atoms with van der Waals surface area (Å²) < 4.78 is 61.2. The normalized spacial score (nSPS) is 19.6. The molecule has 19 heavy (non-hydrogen) atoms. The van der Waals surface area contributed by atoms with Crippen molar-refractivity contribution in [2.75, 3.05) is 13.1 Å². The third-order valence-corrected chi connectivity index (χ3v) is 3.25. The van der Waals surface area contributed by atoms with E-state index in [2.05, 4.69) is 0 Å². The Morgan fingerprint density at radius 2 is 1.68 bits per heavy atom. The molecule has 110 valence electrons. The highest BCUT2D eigenvalue weighted by Gasteiger charge is 2.48. The zero-order valence-electron chi connectivity index (χ0n) is 9.71. The van der Waals surface area contributed by atoms with Gasteiger partial charge in [-0.15, -0.1) is 0 Å². The predicted molar refractivity (Wildman–Crippen MR) is 52.6 cm³/mol. The molecule has 0 unspecified atom stereocenters. The van der Waals surface area contributed by atoms with Gasteiger partial charge in [-0.05, 0) is 12.8 Å². The van der Waals surface area contributed by atoms with E-state index in [4.69, 9.17) is 5.11 Å². The Kier molecular flexibility index (Phi) is 4.36. The van der Waals surface area contributed by atoms with Gasteiger partial charge in [0.2, 0.25) is 6.43 Å². The number of halogens is 5. The number of hydrogen-bond acceptors (Lipinski definition) is 2. The van der Waals surface area contributed by atoms with E-state index in [0.717, 1.165) is 0 Å². The summed E-state index contributed by atoms with van der Waals surface area (Å²) in [4.78, 5) is 22.4. The first-order valence-corrected chi connectivity index (χ1v) is 5.46. The summed E-state index contributed by atoms with van der Waals surface area (Å²) in [5.41, 5.74) is -1.75. The molecule has 0 radical (unpaired) electrons. The second-order valence-corrected chi connectivity index (χ2v) is 4.47. The van der Waals surface area contributed by atoms with Crippen LogP contribution in [0.15, 0.2) is 0 Å². The molecule has 1 rings (SSSR count). The van der Waals surface area contributed by atoms with E-state index in [9.17, 15) is 31.5 Å². The van der Waals surface area contributed by atoms with Gasteiger partial charge in [0.05, 0.1) is 5.41 Å². The van der Waals surface area contributed by atoms with Gasteiger partial charge in [0.1, 0.15) is 0 Å². The summed E-state index contributed by atoms with van der Waals surface area (Å²) in [7, 11) is 0. The van der Waals surface area contributed by atoms with Crippen molar-refractivity contribution in [2.45, 2.75) is 31.9 Å². The van der Waals surface area contributed by atoms with Crippen molar-refractivity contribution in [2.24, 2.45) is 5.41 Å². The molecular formula is C10H12F5NO3. The van der Waals surface area contributed by atoms with Gasteiger partial charge in [0.25, 0.3) is 0 Å². The number of nitrogens with zero attached hydrogens (tertiary/aromatic N) is 1. The fourth-order valence-electron chi connectivity index (χ4n) is 2.12. The van der Waals surface area contributed by atoms with Crippen LogP contribution in [-0.2, 0) is 9.59 Å². The summed E-state index contributed by atoms with van der Waals surface area (Å²) in [6.07, 6.45) is -9.63. The van der Waals surface area contributed by atoms with Crippen molar-refractivity contribution in [3.05, 3.63) is 0 Å². The van der Waals surface area contributed by atoms with Crippen LogP contribution >= 0.6 is 0 Å². The maximum absolute atomic E-state index is 12.3. The van der Waals surface area contributed by atoms with Crippen LogP contribution in [0.3, 0.4) is 0 Å². The number of rotatable bonds is 3. The molecular weight excluding hydrogens is 277 g/mol. The summed E-state index contributed by atoms with van der Waals surface area (Å²) in [6, 6.07) is 0. The Labute approximate surface area is 105 Å². The third-order valence-electron chi connectivity index (χ3n) is 3.25. The van der Waals surface area contributed by atoms with Crippen LogP contribution in [0.2, 0.25) is 0 Å². The van der Waals surface area contributed by atoms with Gasteiger partial charge in [-0.1, -0.05) is 0 Å². The summed E-state index contributed by atoms with van der Waals surface area (Å²) in [5.74, 6) is -3.53. The highest BCUT2D eigenvalue weighted by atomic mass is 19.4. The number of carbonyl (C=O) groups is 2. The summed E-state index contributed by atoms with van der Waals surface area (Å²) in [5, 5.41) is 8.96.